The minimum absolute atomic E-state index is 0.393. The zero-order valence-electron chi connectivity index (χ0n) is 32.0. The molecule has 1 aromatic heterocycles. The predicted molar refractivity (Wildman–Crippen MR) is 244 cm³/mol. The van der Waals surface area contributed by atoms with E-state index in [2.05, 4.69) is 218 Å². The van der Waals surface area contributed by atoms with Crippen LogP contribution in [0.4, 0.5) is 17.1 Å². The van der Waals surface area contributed by atoms with E-state index in [0.717, 1.165) is 39.0 Å². The molecule has 58 heavy (non-hydrogen) atoms. The molecule has 10 aromatic carbocycles. The first-order valence-electron chi connectivity index (χ1n) is 20.1. The number of hydrogen-bond acceptors (Lipinski definition) is 2. The zero-order chi connectivity index (χ0) is 38.4. The summed E-state index contributed by atoms with van der Waals surface area (Å²) in [6, 6.07) is 75.0. The average molecular weight is 740 g/mol. The second-order valence-electron chi connectivity index (χ2n) is 15.7. The van der Waals surface area contributed by atoms with Crippen molar-refractivity contribution < 1.29 is 4.42 Å². The zero-order valence-corrected chi connectivity index (χ0v) is 32.0. The van der Waals surface area contributed by atoms with Gasteiger partial charge < -0.3 is 9.32 Å². The van der Waals surface area contributed by atoms with E-state index in [1.165, 1.54) is 71.3 Å². The molecule has 0 amide bonds. The van der Waals surface area contributed by atoms with Crippen molar-refractivity contribution in [1.29, 1.82) is 0 Å². The summed E-state index contributed by atoms with van der Waals surface area (Å²) in [6.45, 7) is 2.37. The van der Waals surface area contributed by atoms with Gasteiger partial charge in [0.1, 0.15) is 5.58 Å². The molecule has 12 rings (SSSR count). The van der Waals surface area contributed by atoms with Crippen LogP contribution in [-0.2, 0) is 5.41 Å². The first-order chi connectivity index (χ1) is 28.7. The summed E-state index contributed by atoms with van der Waals surface area (Å²) in [5.74, 6) is 0. The Labute approximate surface area is 336 Å². The number of para-hydroxylation sites is 2. The molecule has 0 saturated heterocycles. The van der Waals surface area contributed by atoms with Gasteiger partial charge in [0.05, 0.1) is 5.69 Å². The lowest BCUT2D eigenvalue weighted by atomic mass is 9.74. The summed E-state index contributed by atoms with van der Waals surface area (Å²) in [7, 11) is 0. The highest BCUT2D eigenvalue weighted by molar-refractivity contribution is 6.26. The van der Waals surface area contributed by atoms with Crippen molar-refractivity contribution in [2.24, 2.45) is 0 Å². The summed E-state index contributed by atoms with van der Waals surface area (Å²) in [6.07, 6.45) is 0. The third-order valence-corrected chi connectivity index (χ3v) is 12.7. The maximum Gasteiger partial charge on any atom is 0.159 e. The van der Waals surface area contributed by atoms with Gasteiger partial charge >= 0.3 is 0 Å². The lowest BCUT2D eigenvalue weighted by Gasteiger charge is -2.28. The largest absolute Gasteiger partial charge is 0.454 e. The predicted octanol–water partition coefficient (Wildman–Crippen LogP) is 15.5. The number of fused-ring (bicyclic) bond motifs is 12. The average Bonchev–Trinajstić information content (AvgIpc) is 3.81. The van der Waals surface area contributed by atoms with Gasteiger partial charge in [0.25, 0.3) is 0 Å². The lowest BCUT2D eigenvalue weighted by Crippen LogP contribution is -2.22. The molecule has 0 spiro atoms. The molecular weight excluding hydrogens is 703 g/mol. The van der Waals surface area contributed by atoms with Crippen molar-refractivity contribution >= 4 is 71.3 Å². The first kappa shape index (κ1) is 32.8. The van der Waals surface area contributed by atoms with E-state index in [1.54, 1.807) is 0 Å². The van der Waals surface area contributed by atoms with Crippen LogP contribution in [0.25, 0.3) is 76.5 Å². The number of benzene rings is 10. The Morgan fingerprint density at radius 3 is 1.47 bits per heavy atom. The van der Waals surface area contributed by atoms with Crippen LogP contribution >= 0.6 is 0 Å². The van der Waals surface area contributed by atoms with E-state index in [4.69, 9.17) is 4.42 Å². The summed E-state index contributed by atoms with van der Waals surface area (Å²) < 4.78 is 7.31. The molecule has 2 nitrogen and oxygen atoms in total. The SMILES string of the molecule is CC1(c2cccc3c2oc2c(N(c4ccc(-c5ccccc5)cc4)c4ccc5c6ccccc6c6ccccc6c5c4)cccc23)c2ccccc2-c2ccccc21. The van der Waals surface area contributed by atoms with Crippen molar-refractivity contribution in [3.8, 4) is 22.3 Å². The second kappa shape index (κ2) is 12.5. The molecule has 0 bridgehead atoms. The Morgan fingerprint density at radius 1 is 0.345 bits per heavy atom. The molecule has 1 heterocycles. The Hall–Kier alpha value is -7.42. The molecule has 0 aliphatic heterocycles. The second-order valence-corrected chi connectivity index (χ2v) is 15.7. The standard InChI is InChI=1S/C56H37NO/c1-56(50-25-11-9-21-45(50)46-22-10-12-26-51(46)56)52-27-13-23-47-48-24-14-28-53(55(48)58-54(47)52)57(38-31-29-37(30-32-38)36-15-3-2-4-16-36)39-33-34-44-42-19-6-5-17-40(42)41-18-7-8-20-43(41)49(44)35-39/h2-35H,1H3. The minimum Gasteiger partial charge on any atom is -0.454 e. The minimum atomic E-state index is -0.393. The van der Waals surface area contributed by atoms with E-state index >= 15 is 0 Å². The monoisotopic (exact) mass is 739 g/mol. The van der Waals surface area contributed by atoms with Crippen LogP contribution < -0.4 is 4.90 Å². The van der Waals surface area contributed by atoms with Crippen LogP contribution in [-0.4, -0.2) is 0 Å². The molecular formula is C56H37NO. The van der Waals surface area contributed by atoms with E-state index in [0.29, 0.717) is 0 Å². The fraction of sp³-hybridized carbons (Fsp3) is 0.0357. The van der Waals surface area contributed by atoms with Gasteiger partial charge in [0, 0.05) is 33.1 Å². The van der Waals surface area contributed by atoms with Crippen LogP contribution in [0, 0.1) is 0 Å². The number of anilines is 3. The third kappa shape index (κ3) is 4.66. The van der Waals surface area contributed by atoms with E-state index < -0.39 is 5.41 Å². The van der Waals surface area contributed by atoms with Crippen molar-refractivity contribution in [3.05, 3.63) is 223 Å². The van der Waals surface area contributed by atoms with Gasteiger partial charge in [-0.3, -0.25) is 0 Å². The molecule has 0 unspecified atom stereocenters. The quantitative estimate of drug-likeness (QED) is 0.163. The smallest absolute Gasteiger partial charge is 0.159 e. The maximum atomic E-state index is 7.31. The van der Waals surface area contributed by atoms with Gasteiger partial charge in [-0.2, -0.15) is 0 Å². The molecule has 1 aliphatic carbocycles. The molecule has 0 N–H and O–H groups in total. The topological polar surface area (TPSA) is 16.4 Å². The normalized spacial score (nSPS) is 13.1. The first-order valence-corrected chi connectivity index (χ1v) is 20.1. The van der Waals surface area contributed by atoms with Gasteiger partial charge in [0.2, 0.25) is 0 Å². The van der Waals surface area contributed by atoms with Crippen molar-refractivity contribution in [1.82, 2.24) is 0 Å². The summed E-state index contributed by atoms with van der Waals surface area (Å²) in [4.78, 5) is 2.38. The molecule has 0 atom stereocenters. The van der Waals surface area contributed by atoms with E-state index in [-0.39, 0.29) is 0 Å². The molecule has 11 aromatic rings. The Morgan fingerprint density at radius 2 is 0.810 bits per heavy atom. The lowest BCUT2D eigenvalue weighted by molar-refractivity contribution is 0.638. The molecule has 0 saturated carbocycles. The molecule has 272 valence electrons. The van der Waals surface area contributed by atoms with Crippen molar-refractivity contribution in [2.75, 3.05) is 4.90 Å². The van der Waals surface area contributed by atoms with Gasteiger partial charge in [-0.15, -0.1) is 0 Å². The van der Waals surface area contributed by atoms with Gasteiger partial charge in [-0.05, 0) is 103 Å². The van der Waals surface area contributed by atoms with Gasteiger partial charge in [-0.1, -0.05) is 176 Å². The highest BCUT2D eigenvalue weighted by atomic mass is 16.3. The molecule has 0 radical (unpaired) electrons. The molecule has 1 aliphatic rings. The molecule has 0 fully saturated rings. The summed E-state index contributed by atoms with van der Waals surface area (Å²) in [5.41, 5.74) is 13.3. The number of furan rings is 1. The number of nitrogens with zero attached hydrogens (tertiary/aromatic N) is 1. The molecule has 2 heteroatoms. The Bertz CT molecular complexity index is 3330. The van der Waals surface area contributed by atoms with Crippen LogP contribution in [0.2, 0.25) is 0 Å². The maximum absolute atomic E-state index is 7.31. The highest BCUT2D eigenvalue weighted by Crippen LogP contribution is 2.55. The Kier molecular flexibility index (Phi) is 7.09. The van der Waals surface area contributed by atoms with E-state index in [9.17, 15) is 0 Å². The third-order valence-electron chi connectivity index (χ3n) is 12.7. The fourth-order valence-electron chi connectivity index (χ4n) is 10.0. The van der Waals surface area contributed by atoms with Gasteiger partial charge in [0.15, 0.2) is 5.58 Å². The fourth-order valence-corrected chi connectivity index (χ4v) is 10.0. The van der Waals surface area contributed by atoms with Crippen LogP contribution in [0.1, 0.15) is 23.6 Å². The number of rotatable bonds is 5. The Balaban J connectivity index is 1.11. The van der Waals surface area contributed by atoms with Crippen molar-refractivity contribution in [2.45, 2.75) is 12.3 Å². The van der Waals surface area contributed by atoms with Crippen molar-refractivity contribution in [3.63, 3.8) is 0 Å². The van der Waals surface area contributed by atoms with E-state index in [1.807, 2.05) is 0 Å². The van der Waals surface area contributed by atoms with Crippen LogP contribution in [0.15, 0.2) is 211 Å². The highest BCUT2D eigenvalue weighted by Gasteiger charge is 2.42. The summed E-state index contributed by atoms with van der Waals surface area (Å²) in [5, 5.41) is 9.73. The summed E-state index contributed by atoms with van der Waals surface area (Å²) >= 11 is 0. The van der Waals surface area contributed by atoms with Gasteiger partial charge in [-0.25, -0.2) is 0 Å². The van der Waals surface area contributed by atoms with Crippen LogP contribution in [0.5, 0.6) is 0 Å². The van der Waals surface area contributed by atoms with Crippen LogP contribution in [0.3, 0.4) is 0 Å². The number of hydrogen-bond donors (Lipinski definition) is 0.